The molecule has 0 spiro atoms. The van der Waals surface area contributed by atoms with Gasteiger partial charge in [-0.3, -0.25) is 9.69 Å². The van der Waals surface area contributed by atoms with Crippen LogP contribution >= 0.6 is 0 Å². The molecule has 1 atom stereocenters. The Morgan fingerprint density at radius 1 is 1.12 bits per heavy atom. The second-order valence-corrected chi connectivity index (χ2v) is 6.42. The summed E-state index contributed by atoms with van der Waals surface area (Å²) in [7, 11) is 1.97. The Labute approximate surface area is 150 Å². The van der Waals surface area contributed by atoms with Crippen LogP contribution in [0.5, 0.6) is 5.75 Å². The Morgan fingerprint density at radius 3 is 2.48 bits per heavy atom. The van der Waals surface area contributed by atoms with Crippen LogP contribution in [0.1, 0.15) is 37.9 Å². The van der Waals surface area contributed by atoms with Gasteiger partial charge in [0.15, 0.2) is 0 Å². The second kappa shape index (κ2) is 9.23. The molecule has 0 saturated heterocycles. The molecule has 2 rings (SSSR count). The van der Waals surface area contributed by atoms with Crippen LogP contribution in [0.4, 0.5) is 0 Å². The molecular weight excluding hydrogens is 312 g/mol. The topological polar surface area (TPSA) is 41.6 Å². The lowest BCUT2D eigenvalue weighted by atomic mass is 10.0. The van der Waals surface area contributed by atoms with E-state index in [4.69, 9.17) is 4.74 Å². The number of ether oxygens (including phenoxy) is 1. The maximum atomic E-state index is 12.8. The van der Waals surface area contributed by atoms with E-state index in [1.807, 2.05) is 80.4 Å². The number of likely N-dealkylation sites (N-methyl/N-ethyl adjacent to an activating group) is 1. The molecule has 134 valence electrons. The summed E-state index contributed by atoms with van der Waals surface area (Å²) < 4.78 is 5.71. The minimum absolute atomic E-state index is 0.00531. The summed E-state index contributed by atoms with van der Waals surface area (Å²) in [5.74, 6) is 0.831. The fourth-order valence-corrected chi connectivity index (χ4v) is 2.71. The van der Waals surface area contributed by atoms with Crippen molar-refractivity contribution in [1.29, 1.82) is 0 Å². The molecule has 4 nitrogen and oxygen atoms in total. The maximum Gasteiger partial charge on any atom is 0.242 e. The van der Waals surface area contributed by atoms with Crippen molar-refractivity contribution in [2.75, 3.05) is 13.6 Å². The average molecular weight is 340 g/mol. The number of hydrogen-bond donors (Lipinski definition) is 1. The Balaban J connectivity index is 2.06. The van der Waals surface area contributed by atoms with Crippen LogP contribution in [0.15, 0.2) is 54.6 Å². The highest BCUT2D eigenvalue weighted by atomic mass is 16.5. The molecule has 2 aromatic carbocycles. The van der Waals surface area contributed by atoms with E-state index < -0.39 is 0 Å². The molecule has 1 unspecified atom stereocenters. The molecule has 1 N–H and O–H groups in total. The van der Waals surface area contributed by atoms with E-state index in [2.05, 4.69) is 12.2 Å². The highest BCUT2D eigenvalue weighted by Gasteiger charge is 2.23. The van der Waals surface area contributed by atoms with Crippen molar-refractivity contribution >= 4 is 5.91 Å². The van der Waals surface area contributed by atoms with Gasteiger partial charge in [0.25, 0.3) is 0 Å². The van der Waals surface area contributed by atoms with Crippen LogP contribution in [0.25, 0.3) is 0 Å². The van der Waals surface area contributed by atoms with E-state index in [1.165, 1.54) is 0 Å². The van der Waals surface area contributed by atoms with E-state index in [0.717, 1.165) is 23.4 Å². The van der Waals surface area contributed by atoms with Gasteiger partial charge in [-0.15, -0.1) is 0 Å². The molecular formula is C21H28N2O2. The van der Waals surface area contributed by atoms with E-state index in [0.29, 0.717) is 6.54 Å². The SMILES string of the molecule is CCN(C)C(C(=O)NCc1cccc(OC(C)C)c1)c1ccccc1. The molecule has 0 radical (unpaired) electrons. The zero-order valence-corrected chi connectivity index (χ0v) is 15.5. The van der Waals surface area contributed by atoms with Gasteiger partial charge in [0.05, 0.1) is 6.10 Å². The number of nitrogens with zero attached hydrogens (tertiary/aromatic N) is 1. The summed E-state index contributed by atoms with van der Waals surface area (Å²) in [6, 6.07) is 17.4. The molecule has 2 aromatic rings. The highest BCUT2D eigenvalue weighted by molar-refractivity contribution is 5.83. The van der Waals surface area contributed by atoms with E-state index in [1.54, 1.807) is 0 Å². The summed E-state index contributed by atoms with van der Waals surface area (Å²) in [5, 5.41) is 3.06. The third-order valence-electron chi connectivity index (χ3n) is 4.04. The van der Waals surface area contributed by atoms with E-state index in [9.17, 15) is 4.79 Å². The molecule has 0 aliphatic rings. The molecule has 4 heteroatoms. The minimum atomic E-state index is -0.290. The molecule has 0 bridgehead atoms. The third kappa shape index (κ3) is 5.61. The normalized spacial score (nSPS) is 12.2. The predicted molar refractivity (Wildman–Crippen MR) is 102 cm³/mol. The average Bonchev–Trinajstić information content (AvgIpc) is 2.60. The fourth-order valence-electron chi connectivity index (χ4n) is 2.71. The molecule has 0 fully saturated rings. The number of benzene rings is 2. The number of carbonyl (C=O) groups is 1. The van der Waals surface area contributed by atoms with Crippen molar-refractivity contribution < 1.29 is 9.53 Å². The second-order valence-electron chi connectivity index (χ2n) is 6.42. The fraction of sp³-hybridized carbons (Fsp3) is 0.381. The van der Waals surface area contributed by atoms with Crippen molar-refractivity contribution in [1.82, 2.24) is 10.2 Å². The van der Waals surface area contributed by atoms with E-state index >= 15 is 0 Å². The third-order valence-corrected chi connectivity index (χ3v) is 4.04. The van der Waals surface area contributed by atoms with Crippen LogP contribution in [-0.2, 0) is 11.3 Å². The molecule has 0 aliphatic heterocycles. The quantitative estimate of drug-likeness (QED) is 0.795. The lowest BCUT2D eigenvalue weighted by Crippen LogP contribution is -2.38. The van der Waals surface area contributed by atoms with Gasteiger partial charge in [-0.05, 0) is 50.7 Å². The monoisotopic (exact) mass is 340 g/mol. The largest absolute Gasteiger partial charge is 0.491 e. The number of nitrogens with one attached hydrogen (secondary N) is 1. The van der Waals surface area contributed by atoms with Gasteiger partial charge < -0.3 is 10.1 Å². The highest BCUT2D eigenvalue weighted by Crippen LogP contribution is 2.20. The van der Waals surface area contributed by atoms with Crippen molar-refractivity contribution in [2.24, 2.45) is 0 Å². The van der Waals surface area contributed by atoms with Crippen molar-refractivity contribution in [3.63, 3.8) is 0 Å². The first-order chi connectivity index (χ1) is 12.0. The van der Waals surface area contributed by atoms with Crippen LogP contribution in [0.2, 0.25) is 0 Å². The smallest absolute Gasteiger partial charge is 0.242 e. The zero-order valence-electron chi connectivity index (χ0n) is 15.5. The predicted octanol–water partition coefficient (Wildman–Crippen LogP) is 3.78. The van der Waals surface area contributed by atoms with Crippen molar-refractivity contribution in [2.45, 2.75) is 39.5 Å². The lowest BCUT2D eigenvalue weighted by molar-refractivity contribution is -0.126. The summed E-state index contributed by atoms with van der Waals surface area (Å²) >= 11 is 0. The summed E-state index contributed by atoms with van der Waals surface area (Å²) in [6.07, 6.45) is 0.130. The van der Waals surface area contributed by atoms with Crippen molar-refractivity contribution in [3.05, 3.63) is 65.7 Å². The molecule has 1 amide bonds. The Kier molecular flexibility index (Phi) is 7.02. The maximum absolute atomic E-state index is 12.8. The number of hydrogen-bond acceptors (Lipinski definition) is 3. The van der Waals surface area contributed by atoms with Gasteiger partial charge in [0.2, 0.25) is 5.91 Å². The van der Waals surface area contributed by atoms with Gasteiger partial charge in [-0.1, -0.05) is 49.4 Å². The van der Waals surface area contributed by atoms with Gasteiger partial charge in [-0.25, -0.2) is 0 Å². The summed E-state index contributed by atoms with van der Waals surface area (Å²) in [6.45, 7) is 7.33. The Morgan fingerprint density at radius 2 is 1.84 bits per heavy atom. The standard InChI is InChI=1S/C21H28N2O2/c1-5-23(4)20(18-11-7-6-8-12-18)21(24)22-15-17-10-9-13-19(14-17)25-16(2)3/h6-14,16,20H,5,15H2,1-4H3,(H,22,24). The van der Waals surface area contributed by atoms with Gasteiger partial charge >= 0.3 is 0 Å². The van der Waals surface area contributed by atoms with Gasteiger partial charge in [0.1, 0.15) is 11.8 Å². The van der Waals surface area contributed by atoms with Crippen LogP contribution in [-0.4, -0.2) is 30.5 Å². The zero-order chi connectivity index (χ0) is 18.2. The minimum Gasteiger partial charge on any atom is -0.491 e. The number of amides is 1. The molecule has 25 heavy (non-hydrogen) atoms. The molecule has 0 aliphatic carbocycles. The first kappa shape index (κ1) is 19.0. The molecule has 0 heterocycles. The van der Waals surface area contributed by atoms with E-state index in [-0.39, 0.29) is 18.1 Å². The summed E-state index contributed by atoms with van der Waals surface area (Å²) in [5.41, 5.74) is 2.03. The number of rotatable bonds is 8. The summed E-state index contributed by atoms with van der Waals surface area (Å²) in [4.78, 5) is 14.8. The van der Waals surface area contributed by atoms with Crippen LogP contribution in [0.3, 0.4) is 0 Å². The van der Waals surface area contributed by atoms with Crippen LogP contribution in [0, 0.1) is 0 Å². The lowest BCUT2D eigenvalue weighted by Gasteiger charge is -2.26. The van der Waals surface area contributed by atoms with Crippen molar-refractivity contribution in [3.8, 4) is 5.75 Å². The molecule has 0 aromatic heterocycles. The Hall–Kier alpha value is -2.33. The first-order valence-corrected chi connectivity index (χ1v) is 8.79. The number of carbonyl (C=O) groups excluding carboxylic acids is 1. The van der Waals surface area contributed by atoms with Gasteiger partial charge in [0, 0.05) is 6.54 Å². The first-order valence-electron chi connectivity index (χ1n) is 8.79. The van der Waals surface area contributed by atoms with Crippen LogP contribution < -0.4 is 10.1 Å². The Bertz CT molecular complexity index is 671. The van der Waals surface area contributed by atoms with Gasteiger partial charge in [-0.2, -0.15) is 0 Å². The molecule has 0 saturated carbocycles.